The first-order valence-electron chi connectivity index (χ1n) is 9.21. The molecule has 1 N–H and O–H groups in total. The molecule has 0 atom stereocenters. The van der Waals surface area contributed by atoms with Gasteiger partial charge in [-0.15, -0.1) is 0 Å². The smallest absolute Gasteiger partial charge is 0.257 e. The average molecular weight is 383 g/mol. The van der Waals surface area contributed by atoms with Crippen molar-refractivity contribution in [2.75, 3.05) is 12.1 Å². The molecule has 0 saturated carbocycles. The summed E-state index contributed by atoms with van der Waals surface area (Å²) in [5.41, 5.74) is 3.84. The number of rotatable bonds is 3. The van der Waals surface area contributed by atoms with E-state index in [9.17, 15) is 4.79 Å². The van der Waals surface area contributed by atoms with Gasteiger partial charge in [0.15, 0.2) is 11.5 Å². The summed E-state index contributed by atoms with van der Waals surface area (Å²) in [6.45, 7) is 2.16. The average Bonchev–Trinajstić information content (AvgIpc) is 3.22. The van der Waals surface area contributed by atoms with E-state index >= 15 is 0 Å². The van der Waals surface area contributed by atoms with E-state index in [2.05, 4.69) is 10.3 Å². The quantitative estimate of drug-likeness (QED) is 0.560. The molecule has 1 aliphatic rings. The SMILES string of the molecule is Cc1ccc(NC(=O)c2cc(-c3ccc4c(c3)OCO4)nc3ccccc23)nc1. The minimum absolute atomic E-state index is 0.209. The van der Waals surface area contributed by atoms with Gasteiger partial charge in [-0.25, -0.2) is 9.97 Å². The second-order valence-electron chi connectivity index (χ2n) is 6.82. The van der Waals surface area contributed by atoms with Crippen molar-refractivity contribution in [2.45, 2.75) is 6.92 Å². The molecule has 0 spiro atoms. The molecular formula is C23H17N3O3. The van der Waals surface area contributed by atoms with Gasteiger partial charge in [0, 0.05) is 17.1 Å². The largest absolute Gasteiger partial charge is 0.454 e. The highest BCUT2D eigenvalue weighted by Gasteiger charge is 2.18. The third kappa shape index (κ3) is 3.25. The molecule has 0 unspecified atom stereocenters. The van der Waals surface area contributed by atoms with E-state index < -0.39 is 0 Å². The molecule has 0 saturated heterocycles. The van der Waals surface area contributed by atoms with Crippen LogP contribution in [0.2, 0.25) is 0 Å². The number of carbonyl (C=O) groups is 1. The molecule has 29 heavy (non-hydrogen) atoms. The molecule has 0 bridgehead atoms. The van der Waals surface area contributed by atoms with E-state index in [1.807, 2.05) is 55.5 Å². The molecule has 0 radical (unpaired) electrons. The maximum Gasteiger partial charge on any atom is 0.257 e. The number of amides is 1. The van der Waals surface area contributed by atoms with Crippen LogP contribution in [0.25, 0.3) is 22.2 Å². The van der Waals surface area contributed by atoms with Gasteiger partial charge >= 0.3 is 0 Å². The topological polar surface area (TPSA) is 73.3 Å². The van der Waals surface area contributed by atoms with Crippen LogP contribution in [-0.2, 0) is 0 Å². The van der Waals surface area contributed by atoms with E-state index in [-0.39, 0.29) is 12.7 Å². The van der Waals surface area contributed by atoms with Crippen molar-refractivity contribution in [2.24, 2.45) is 0 Å². The molecule has 5 rings (SSSR count). The number of aryl methyl sites for hydroxylation is 1. The first-order chi connectivity index (χ1) is 14.2. The van der Waals surface area contributed by atoms with E-state index in [0.717, 1.165) is 22.0 Å². The first kappa shape index (κ1) is 17.2. The molecule has 1 aliphatic heterocycles. The van der Waals surface area contributed by atoms with Crippen LogP contribution in [0.3, 0.4) is 0 Å². The minimum Gasteiger partial charge on any atom is -0.454 e. The Kier molecular flexibility index (Phi) is 4.09. The van der Waals surface area contributed by atoms with Gasteiger partial charge in [-0.3, -0.25) is 4.79 Å². The summed E-state index contributed by atoms with van der Waals surface area (Å²) in [5.74, 6) is 1.65. The van der Waals surface area contributed by atoms with Crippen molar-refractivity contribution in [1.29, 1.82) is 0 Å². The van der Waals surface area contributed by atoms with Gasteiger partial charge in [-0.1, -0.05) is 24.3 Å². The Bertz CT molecular complexity index is 1240. The van der Waals surface area contributed by atoms with Crippen LogP contribution in [0.5, 0.6) is 11.5 Å². The lowest BCUT2D eigenvalue weighted by molar-refractivity contribution is 0.102. The fraction of sp³-hybridized carbons (Fsp3) is 0.0870. The van der Waals surface area contributed by atoms with Crippen molar-refractivity contribution in [3.63, 3.8) is 0 Å². The first-order valence-corrected chi connectivity index (χ1v) is 9.21. The van der Waals surface area contributed by atoms with Gasteiger partial charge < -0.3 is 14.8 Å². The molecule has 2 aromatic heterocycles. The van der Waals surface area contributed by atoms with Crippen molar-refractivity contribution in [1.82, 2.24) is 9.97 Å². The Morgan fingerprint density at radius 2 is 1.86 bits per heavy atom. The predicted molar refractivity (Wildman–Crippen MR) is 110 cm³/mol. The number of nitrogens with zero attached hydrogens (tertiary/aromatic N) is 2. The number of aromatic nitrogens is 2. The number of nitrogens with one attached hydrogen (secondary N) is 1. The van der Waals surface area contributed by atoms with Gasteiger partial charge in [-0.05, 0) is 48.9 Å². The van der Waals surface area contributed by atoms with Crippen molar-refractivity contribution in [3.8, 4) is 22.8 Å². The number of para-hydroxylation sites is 1. The Balaban J connectivity index is 1.58. The lowest BCUT2D eigenvalue weighted by atomic mass is 10.0. The second-order valence-corrected chi connectivity index (χ2v) is 6.82. The number of ether oxygens (including phenoxy) is 2. The van der Waals surface area contributed by atoms with Crippen LogP contribution in [0.4, 0.5) is 5.82 Å². The van der Waals surface area contributed by atoms with E-state index in [1.54, 1.807) is 18.3 Å². The lowest BCUT2D eigenvalue weighted by Crippen LogP contribution is -2.14. The van der Waals surface area contributed by atoms with E-state index in [4.69, 9.17) is 14.5 Å². The Morgan fingerprint density at radius 3 is 2.72 bits per heavy atom. The van der Waals surface area contributed by atoms with Crippen LogP contribution in [-0.4, -0.2) is 22.7 Å². The fourth-order valence-electron chi connectivity index (χ4n) is 3.29. The molecule has 3 heterocycles. The number of benzene rings is 2. The third-order valence-electron chi connectivity index (χ3n) is 4.78. The van der Waals surface area contributed by atoms with Crippen LogP contribution in [0.15, 0.2) is 66.9 Å². The molecule has 2 aromatic carbocycles. The molecular weight excluding hydrogens is 366 g/mol. The maximum atomic E-state index is 13.1. The van der Waals surface area contributed by atoms with Crippen molar-refractivity contribution < 1.29 is 14.3 Å². The van der Waals surface area contributed by atoms with Crippen LogP contribution in [0, 0.1) is 6.92 Å². The summed E-state index contributed by atoms with van der Waals surface area (Å²) >= 11 is 0. The second kappa shape index (κ2) is 6.91. The molecule has 142 valence electrons. The zero-order valence-electron chi connectivity index (χ0n) is 15.7. The Morgan fingerprint density at radius 1 is 1.00 bits per heavy atom. The molecule has 0 aliphatic carbocycles. The number of hydrogen-bond acceptors (Lipinski definition) is 5. The lowest BCUT2D eigenvalue weighted by Gasteiger charge is -2.11. The minimum atomic E-state index is -0.234. The van der Waals surface area contributed by atoms with Crippen LogP contribution < -0.4 is 14.8 Å². The monoisotopic (exact) mass is 383 g/mol. The van der Waals surface area contributed by atoms with Gasteiger partial charge in [-0.2, -0.15) is 0 Å². The van der Waals surface area contributed by atoms with E-state index in [1.165, 1.54) is 0 Å². The molecule has 6 nitrogen and oxygen atoms in total. The van der Waals surface area contributed by atoms with Crippen molar-refractivity contribution in [3.05, 3.63) is 78.0 Å². The van der Waals surface area contributed by atoms with Gasteiger partial charge in [0.25, 0.3) is 5.91 Å². The van der Waals surface area contributed by atoms with Crippen molar-refractivity contribution >= 4 is 22.6 Å². The summed E-state index contributed by atoms with van der Waals surface area (Å²) in [6.07, 6.45) is 1.72. The molecule has 6 heteroatoms. The normalized spacial score (nSPS) is 12.2. The van der Waals surface area contributed by atoms with E-state index in [0.29, 0.717) is 28.6 Å². The zero-order chi connectivity index (χ0) is 19.8. The standard InChI is InChI=1S/C23H17N3O3/c1-14-6-9-22(24-12-14)26-23(27)17-11-19(25-18-5-3-2-4-16(17)18)15-7-8-20-21(10-15)29-13-28-20/h2-12H,13H2,1H3,(H,24,26,27). The summed E-state index contributed by atoms with van der Waals surface area (Å²) in [5, 5.41) is 3.65. The summed E-state index contributed by atoms with van der Waals surface area (Å²) in [6, 6.07) is 18.7. The predicted octanol–water partition coefficient (Wildman–Crippen LogP) is 4.59. The number of fused-ring (bicyclic) bond motifs is 2. The zero-order valence-corrected chi connectivity index (χ0v) is 15.7. The van der Waals surface area contributed by atoms with Crippen LogP contribution >= 0.6 is 0 Å². The number of pyridine rings is 2. The third-order valence-corrected chi connectivity index (χ3v) is 4.78. The summed E-state index contributed by atoms with van der Waals surface area (Å²) < 4.78 is 10.9. The molecule has 0 fully saturated rings. The summed E-state index contributed by atoms with van der Waals surface area (Å²) in [7, 11) is 0. The Hall–Kier alpha value is -3.93. The summed E-state index contributed by atoms with van der Waals surface area (Å²) in [4.78, 5) is 22.1. The maximum absolute atomic E-state index is 13.1. The molecule has 1 amide bonds. The number of anilines is 1. The highest BCUT2D eigenvalue weighted by molar-refractivity contribution is 6.12. The van der Waals surface area contributed by atoms with Gasteiger partial charge in [0.1, 0.15) is 5.82 Å². The Labute approximate surface area is 167 Å². The van der Waals surface area contributed by atoms with Gasteiger partial charge in [0.05, 0.1) is 16.8 Å². The fourth-order valence-corrected chi connectivity index (χ4v) is 3.29. The number of carbonyl (C=O) groups excluding carboxylic acids is 1. The highest BCUT2D eigenvalue weighted by Crippen LogP contribution is 2.36. The molecule has 4 aromatic rings. The number of hydrogen-bond donors (Lipinski definition) is 1. The highest BCUT2D eigenvalue weighted by atomic mass is 16.7. The van der Waals surface area contributed by atoms with Crippen LogP contribution in [0.1, 0.15) is 15.9 Å². The van der Waals surface area contributed by atoms with Gasteiger partial charge in [0.2, 0.25) is 6.79 Å².